The van der Waals surface area contributed by atoms with Crippen LogP contribution in [0.5, 0.6) is 11.5 Å². The van der Waals surface area contributed by atoms with Crippen molar-refractivity contribution in [1.29, 1.82) is 0 Å². The summed E-state index contributed by atoms with van der Waals surface area (Å²) >= 11 is 0. The summed E-state index contributed by atoms with van der Waals surface area (Å²) in [5.74, 6) is 2.81. The molecule has 6 rings (SSSR count). The molecule has 0 spiro atoms. The zero-order valence-corrected chi connectivity index (χ0v) is 31.9. The molecule has 1 aliphatic heterocycles. The minimum Gasteiger partial charge on any atom is -0.512 e. The fourth-order valence-electron chi connectivity index (χ4n) is 6.63. The first kappa shape index (κ1) is 37.8. The van der Waals surface area contributed by atoms with Crippen LogP contribution in [-0.2, 0) is 31.3 Å². The van der Waals surface area contributed by atoms with Crippen LogP contribution in [0.2, 0.25) is 0 Å². The molecule has 0 bridgehead atoms. The number of benzene rings is 4. The number of allylic oxidation sites excluding steroid dienone is 2. The maximum atomic E-state index is 11.7. The van der Waals surface area contributed by atoms with Crippen molar-refractivity contribution < 1.29 is 34.7 Å². The third kappa shape index (κ3) is 8.58. The number of carbonyl (C=O) groups excluding carboxylic acids is 1. The van der Waals surface area contributed by atoms with Gasteiger partial charge in [-0.3, -0.25) is 9.78 Å². The van der Waals surface area contributed by atoms with Crippen molar-refractivity contribution in [2.75, 3.05) is 0 Å². The number of aromatic nitrogens is 1. The molecule has 0 unspecified atom stereocenters. The van der Waals surface area contributed by atoms with Crippen molar-refractivity contribution in [3.8, 4) is 45.0 Å². The van der Waals surface area contributed by atoms with E-state index in [2.05, 4.69) is 86.6 Å². The van der Waals surface area contributed by atoms with Gasteiger partial charge in [-0.1, -0.05) is 120 Å². The summed E-state index contributed by atoms with van der Waals surface area (Å²) in [6.45, 7) is 12.6. The van der Waals surface area contributed by atoms with Gasteiger partial charge in [0.25, 0.3) is 0 Å². The van der Waals surface area contributed by atoms with Crippen LogP contribution in [0.25, 0.3) is 44.4 Å². The van der Waals surface area contributed by atoms with Gasteiger partial charge in [-0.25, -0.2) is 0 Å². The Morgan fingerprint density at radius 3 is 2.08 bits per heavy atom. The van der Waals surface area contributed by atoms with Crippen molar-refractivity contribution in [3.05, 3.63) is 114 Å². The number of ether oxygens (including phenoxy) is 1. The van der Waals surface area contributed by atoms with E-state index in [4.69, 9.17) is 9.72 Å². The number of hydrogen-bond donors (Lipinski definition) is 1. The molecule has 0 amide bonds. The van der Waals surface area contributed by atoms with Gasteiger partial charge in [-0.15, -0.1) is 17.7 Å². The molecule has 5 heteroatoms. The number of pyridine rings is 1. The quantitative estimate of drug-likeness (QED) is 0.0849. The van der Waals surface area contributed by atoms with E-state index in [1.165, 1.54) is 17.0 Å². The summed E-state index contributed by atoms with van der Waals surface area (Å²) in [7, 11) is 0. The van der Waals surface area contributed by atoms with Gasteiger partial charge >= 0.3 is 0 Å². The van der Waals surface area contributed by atoms with Crippen molar-refractivity contribution >= 4 is 16.7 Å². The van der Waals surface area contributed by atoms with Crippen molar-refractivity contribution in [2.24, 2.45) is 17.8 Å². The molecular formula is C44H48IrNO3-. The molecule has 2 heterocycles. The standard InChI is InChI=1S/C31H24NO.C13H24O2.Ir/c1-20(2)18-21-19-28(32-27-15-7-5-10-22(21)27)26-14-9-17-30-31(26)25-13-4-3-11-23(25)24-12-6-8-16-29(24)33-30;1-5-10(6-2)12(14)9-13(15)11(7-3)8-4;/h3-13,15-17,19-20H,18H2,1-2H3;9-11,14H,5-8H2,1-4H3;/q-1;;/b;12-9-;. The zero-order chi connectivity index (χ0) is 34.2. The fourth-order valence-corrected chi connectivity index (χ4v) is 6.63. The Labute approximate surface area is 306 Å². The Hall–Kier alpha value is -4.05. The number of ketones is 1. The summed E-state index contributed by atoms with van der Waals surface area (Å²) in [6, 6.07) is 34.9. The predicted molar refractivity (Wildman–Crippen MR) is 199 cm³/mol. The molecule has 0 fully saturated rings. The molecule has 0 saturated heterocycles. The molecule has 5 aromatic rings. The van der Waals surface area contributed by atoms with Crippen LogP contribution < -0.4 is 4.74 Å². The molecule has 0 aliphatic carbocycles. The largest absolute Gasteiger partial charge is 0.512 e. The van der Waals surface area contributed by atoms with E-state index in [9.17, 15) is 9.90 Å². The number of aliphatic hydroxyl groups excluding tert-OH is 1. The van der Waals surface area contributed by atoms with E-state index in [1.807, 2.05) is 52.0 Å². The number of carbonyl (C=O) groups is 1. The second-order valence-electron chi connectivity index (χ2n) is 13.0. The molecule has 0 saturated carbocycles. The molecule has 257 valence electrons. The smallest absolute Gasteiger partial charge is 0.162 e. The van der Waals surface area contributed by atoms with Crippen LogP contribution in [0.4, 0.5) is 0 Å². The SMILES string of the molecule is CC(C)Cc1cc(-c2[c-]ccc3c2-c2ccccc2-c2ccccc2O3)nc2ccccc12.CCC(CC)C(=O)/C=C(\O)C(CC)CC.[Ir]. The average molecular weight is 831 g/mol. The third-order valence-electron chi connectivity index (χ3n) is 9.32. The monoisotopic (exact) mass is 831 g/mol. The molecular weight excluding hydrogens is 783 g/mol. The van der Waals surface area contributed by atoms with Crippen LogP contribution in [0.3, 0.4) is 0 Å². The topological polar surface area (TPSA) is 59.4 Å². The maximum Gasteiger partial charge on any atom is 0.162 e. The van der Waals surface area contributed by atoms with Crippen LogP contribution >= 0.6 is 0 Å². The Morgan fingerprint density at radius 2 is 1.41 bits per heavy atom. The minimum absolute atomic E-state index is 0. The number of para-hydroxylation sites is 2. The second-order valence-corrected chi connectivity index (χ2v) is 13.0. The summed E-state index contributed by atoms with van der Waals surface area (Å²) in [5, 5.41) is 11.0. The van der Waals surface area contributed by atoms with Crippen LogP contribution in [0, 0.1) is 23.8 Å². The van der Waals surface area contributed by atoms with Gasteiger partial charge in [0, 0.05) is 49.0 Å². The second kappa shape index (κ2) is 17.6. The van der Waals surface area contributed by atoms with E-state index < -0.39 is 0 Å². The van der Waals surface area contributed by atoms with E-state index in [0.717, 1.165) is 82.6 Å². The summed E-state index contributed by atoms with van der Waals surface area (Å²) in [5.41, 5.74) is 8.70. The fraction of sp³-hybridized carbons (Fsp3) is 0.318. The van der Waals surface area contributed by atoms with Gasteiger partial charge < -0.3 is 9.84 Å². The van der Waals surface area contributed by atoms with Crippen molar-refractivity contribution in [1.82, 2.24) is 4.98 Å². The van der Waals surface area contributed by atoms with Gasteiger partial charge in [-0.2, -0.15) is 0 Å². The van der Waals surface area contributed by atoms with Gasteiger partial charge in [0.15, 0.2) is 5.78 Å². The Balaban J connectivity index is 0.000000290. The first-order chi connectivity index (χ1) is 23.3. The number of fused-ring (bicyclic) bond motifs is 6. The first-order valence-corrected chi connectivity index (χ1v) is 17.5. The molecule has 1 aromatic heterocycles. The van der Waals surface area contributed by atoms with E-state index in [1.54, 1.807) is 0 Å². The number of hydrogen-bond acceptors (Lipinski definition) is 4. The minimum atomic E-state index is 0. The molecule has 49 heavy (non-hydrogen) atoms. The normalized spacial score (nSPS) is 11.9. The van der Waals surface area contributed by atoms with Crippen LogP contribution in [0.1, 0.15) is 72.8 Å². The Kier molecular flexibility index (Phi) is 13.5. The zero-order valence-electron chi connectivity index (χ0n) is 29.5. The maximum absolute atomic E-state index is 11.7. The van der Waals surface area contributed by atoms with Gasteiger partial charge in [0.05, 0.1) is 17.0 Å². The summed E-state index contributed by atoms with van der Waals surface area (Å²) in [4.78, 5) is 16.8. The Bertz CT molecular complexity index is 1900. The summed E-state index contributed by atoms with van der Waals surface area (Å²) < 4.78 is 6.48. The van der Waals surface area contributed by atoms with Crippen molar-refractivity contribution in [2.45, 2.75) is 73.6 Å². The van der Waals surface area contributed by atoms with E-state index >= 15 is 0 Å². The average Bonchev–Trinajstić information content (AvgIpc) is 3.24. The molecule has 0 atom stereocenters. The summed E-state index contributed by atoms with van der Waals surface area (Å²) in [6.07, 6.45) is 5.91. The Morgan fingerprint density at radius 1 is 0.796 bits per heavy atom. The van der Waals surface area contributed by atoms with Gasteiger partial charge in [-0.05, 0) is 72.5 Å². The third-order valence-corrected chi connectivity index (χ3v) is 9.32. The molecule has 4 aromatic carbocycles. The molecule has 1 N–H and O–H groups in total. The number of aliphatic hydroxyl groups is 1. The van der Waals surface area contributed by atoms with Gasteiger partial charge in [0.2, 0.25) is 0 Å². The van der Waals surface area contributed by atoms with E-state index in [0.29, 0.717) is 5.92 Å². The first-order valence-electron chi connectivity index (χ1n) is 17.5. The predicted octanol–water partition coefficient (Wildman–Crippen LogP) is 12.2. The number of rotatable bonds is 10. The molecule has 1 radical (unpaired) electrons. The van der Waals surface area contributed by atoms with Gasteiger partial charge in [0.1, 0.15) is 5.75 Å². The number of nitrogens with zero attached hydrogens (tertiary/aromatic N) is 1. The molecule has 1 aliphatic rings. The van der Waals surface area contributed by atoms with E-state index in [-0.39, 0.29) is 43.5 Å². The molecule has 4 nitrogen and oxygen atoms in total. The van der Waals surface area contributed by atoms with Crippen molar-refractivity contribution in [3.63, 3.8) is 0 Å². The van der Waals surface area contributed by atoms with Crippen LogP contribution in [0.15, 0.2) is 103 Å². The van der Waals surface area contributed by atoms with Crippen LogP contribution in [-0.4, -0.2) is 15.9 Å².